The van der Waals surface area contributed by atoms with E-state index in [4.69, 9.17) is 5.73 Å². The van der Waals surface area contributed by atoms with Crippen molar-refractivity contribution in [3.63, 3.8) is 0 Å². The molecule has 3 nitrogen and oxygen atoms in total. The molecular weight excluding hydrogens is 207 g/mol. The Morgan fingerprint density at radius 1 is 1.33 bits per heavy atom. The number of hydrogen-bond acceptors (Lipinski definition) is 2. The van der Waals surface area contributed by atoms with Crippen molar-refractivity contribution >= 4 is 11.3 Å². The van der Waals surface area contributed by atoms with Gasteiger partial charge in [0, 0.05) is 11.9 Å². The fourth-order valence-electron chi connectivity index (χ4n) is 1.52. The number of nitrogens with two attached hydrogens (primary N) is 1. The van der Waals surface area contributed by atoms with Gasteiger partial charge in [-0.1, -0.05) is 0 Å². The van der Waals surface area contributed by atoms with Gasteiger partial charge in [-0.25, -0.2) is 4.98 Å². The zero-order chi connectivity index (χ0) is 11.2. The Morgan fingerprint density at radius 3 is 2.60 bits per heavy atom. The highest BCUT2D eigenvalue weighted by molar-refractivity contribution is 5.50. The minimum Gasteiger partial charge on any atom is -0.398 e. The molecule has 0 aliphatic rings. The molecule has 15 heavy (non-hydrogen) atoms. The van der Waals surface area contributed by atoms with E-state index >= 15 is 0 Å². The van der Waals surface area contributed by atoms with Gasteiger partial charge < -0.3 is 5.73 Å². The van der Waals surface area contributed by atoms with Crippen LogP contribution in [0.1, 0.15) is 11.4 Å². The van der Waals surface area contributed by atoms with Gasteiger partial charge in [0.25, 0.3) is 0 Å². The van der Waals surface area contributed by atoms with Crippen LogP contribution in [0.5, 0.6) is 0 Å². The van der Waals surface area contributed by atoms with Gasteiger partial charge in [0.2, 0.25) is 0 Å². The molecule has 80 valence electrons. The predicted molar refractivity (Wildman–Crippen MR) is 49.3 cm³/mol. The van der Waals surface area contributed by atoms with Gasteiger partial charge >= 0.3 is 6.18 Å². The highest BCUT2D eigenvalue weighted by atomic mass is 19.4. The molecule has 0 aromatic carbocycles. The molecule has 0 saturated carbocycles. The highest BCUT2D eigenvalue weighted by Crippen LogP contribution is 2.32. The molecule has 0 bridgehead atoms. The number of aromatic nitrogens is 2. The molecule has 0 aliphatic carbocycles. The van der Waals surface area contributed by atoms with Crippen LogP contribution in [0.4, 0.5) is 18.9 Å². The topological polar surface area (TPSA) is 43.3 Å². The van der Waals surface area contributed by atoms with Crippen LogP contribution >= 0.6 is 0 Å². The van der Waals surface area contributed by atoms with Gasteiger partial charge in [-0.2, -0.15) is 13.2 Å². The molecule has 0 aliphatic heterocycles. The second-order valence-corrected chi connectivity index (χ2v) is 3.23. The number of aryl methyl sites for hydroxylation is 1. The SMILES string of the molecule is Cc1nc2ccc(N)cn2c1C(F)(F)F. The van der Waals surface area contributed by atoms with Crippen molar-refractivity contribution < 1.29 is 13.2 Å². The molecule has 6 heteroatoms. The van der Waals surface area contributed by atoms with Crippen LogP contribution in [0.3, 0.4) is 0 Å². The Balaban J connectivity index is 2.82. The minimum atomic E-state index is -4.42. The second-order valence-electron chi connectivity index (χ2n) is 3.23. The third kappa shape index (κ3) is 1.51. The lowest BCUT2D eigenvalue weighted by molar-refractivity contribution is -0.142. The molecule has 2 rings (SSSR count). The number of imidazole rings is 1. The average molecular weight is 215 g/mol. The molecule has 0 unspecified atom stereocenters. The van der Waals surface area contributed by atoms with Crippen molar-refractivity contribution in [1.29, 1.82) is 0 Å². The normalized spacial score (nSPS) is 12.3. The Morgan fingerprint density at radius 2 is 2.00 bits per heavy atom. The number of nitrogen functional groups attached to an aromatic ring is 1. The monoisotopic (exact) mass is 215 g/mol. The molecule has 2 heterocycles. The summed E-state index contributed by atoms with van der Waals surface area (Å²) in [5, 5.41) is 0. The molecule has 2 aromatic heterocycles. The summed E-state index contributed by atoms with van der Waals surface area (Å²) >= 11 is 0. The summed E-state index contributed by atoms with van der Waals surface area (Å²) < 4.78 is 38.9. The van der Waals surface area contributed by atoms with Gasteiger partial charge in [-0.05, 0) is 19.1 Å². The van der Waals surface area contributed by atoms with E-state index in [9.17, 15) is 13.2 Å². The number of alkyl halides is 3. The van der Waals surface area contributed by atoms with Crippen LogP contribution < -0.4 is 5.73 Å². The number of pyridine rings is 1. The van der Waals surface area contributed by atoms with Crippen molar-refractivity contribution in [3.05, 3.63) is 29.7 Å². The second kappa shape index (κ2) is 2.88. The van der Waals surface area contributed by atoms with Crippen molar-refractivity contribution in [1.82, 2.24) is 9.38 Å². The third-order valence-corrected chi connectivity index (χ3v) is 2.08. The van der Waals surface area contributed by atoms with Crippen molar-refractivity contribution in [3.8, 4) is 0 Å². The summed E-state index contributed by atoms with van der Waals surface area (Å²) in [6.07, 6.45) is -3.20. The van der Waals surface area contributed by atoms with Gasteiger partial charge in [-0.3, -0.25) is 4.40 Å². The first-order chi connectivity index (χ1) is 6.89. The zero-order valence-corrected chi connectivity index (χ0v) is 7.84. The number of hydrogen-bond donors (Lipinski definition) is 1. The molecule has 0 radical (unpaired) electrons. The number of nitrogens with zero attached hydrogens (tertiary/aromatic N) is 2. The van der Waals surface area contributed by atoms with E-state index in [2.05, 4.69) is 4.98 Å². The van der Waals surface area contributed by atoms with E-state index in [0.717, 1.165) is 4.40 Å². The van der Waals surface area contributed by atoms with Crippen LogP contribution in [0.15, 0.2) is 18.3 Å². The molecule has 0 amide bonds. The van der Waals surface area contributed by atoms with Crippen LogP contribution in [-0.2, 0) is 6.18 Å². The maximum Gasteiger partial charge on any atom is 0.433 e. The maximum atomic E-state index is 12.6. The predicted octanol–water partition coefficient (Wildman–Crippen LogP) is 2.24. The molecule has 0 atom stereocenters. The van der Waals surface area contributed by atoms with Crippen LogP contribution in [0.2, 0.25) is 0 Å². The largest absolute Gasteiger partial charge is 0.433 e. The fourth-order valence-corrected chi connectivity index (χ4v) is 1.52. The van der Waals surface area contributed by atoms with E-state index in [1.165, 1.54) is 25.3 Å². The minimum absolute atomic E-state index is 0.0481. The molecule has 2 aromatic rings. The molecule has 0 fully saturated rings. The standard InChI is InChI=1S/C9H8F3N3/c1-5-8(9(10,11)12)15-4-6(13)2-3-7(15)14-5/h2-4H,13H2,1H3. The lowest BCUT2D eigenvalue weighted by Gasteiger charge is -2.07. The maximum absolute atomic E-state index is 12.6. The average Bonchev–Trinajstić information content (AvgIpc) is 2.38. The number of halogens is 3. The van der Waals surface area contributed by atoms with E-state index in [0.29, 0.717) is 0 Å². The first-order valence-corrected chi connectivity index (χ1v) is 4.21. The Labute approximate surface area is 83.3 Å². The summed E-state index contributed by atoms with van der Waals surface area (Å²) in [4.78, 5) is 3.81. The summed E-state index contributed by atoms with van der Waals surface area (Å²) in [5.41, 5.74) is 5.12. The first kappa shape index (κ1) is 9.82. The number of rotatable bonds is 0. The van der Waals surface area contributed by atoms with Gasteiger partial charge in [0.15, 0.2) is 5.69 Å². The van der Waals surface area contributed by atoms with Gasteiger partial charge in [0.1, 0.15) is 5.65 Å². The van der Waals surface area contributed by atoms with E-state index in [1.54, 1.807) is 0 Å². The third-order valence-electron chi connectivity index (χ3n) is 2.08. The Kier molecular flexibility index (Phi) is 1.89. The van der Waals surface area contributed by atoms with Gasteiger partial charge in [-0.15, -0.1) is 0 Å². The molecular formula is C9H8F3N3. The molecule has 2 N–H and O–H groups in total. The number of fused-ring (bicyclic) bond motifs is 1. The van der Waals surface area contributed by atoms with Crippen LogP contribution in [-0.4, -0.2) is 9.38 Å². The summed E-state index contributed by atoms with van der Waals surface area (Å²) in [6, 6.07) is 2.97. The van der Waals surface area contributed by atoms with Crippen molar-refractivity contribution in [2.75, 3.05) is 5.73 Å². The molecule has 0 spiro atoms. The zero-order valence-electron chi connectivity index (χ0n) is 7.84. The van der Waals surface area contributed by atoms with E-state index < -0.39 is 11.9 Å². The van der Waals surface area contributed by atoms with Crippen LogP contribution in [0, 0.1) is 6.92 Å². The lowest BCUT2D eigenvalue weighted by Crippen LogP contribution is -2.10. The lowest BCUT2D eigenvalue weighted by atomic mass is 10.3. The smallest absolute Gasteiger partial charge is 0.398 e. The fraction of sp³-hybridized carbons (Fsp3) is 0.222. The van der Waals surface area contributed by atoms with Crippen molar-refractivity contribution in [2.24, 2.45) is 0 Å². The summed E-state index contributed by atoms with van der Waals surface area (Å²) in [7, 11) is 0. The molecule has 0 saturated heterocycles. The van der Waals surface area contributed by atoms with E-state index in [1.807, 2.05) is 0 Å². The van der Waals surface area contributed by atoms with Crippen molar-refractivity contribution in [2.45, 2.75) is 13.1 Å². The van der Waals surface area contributed by atoms with Crippen LogP contribution in [0.25, 0.3) is 5.65 Å². The Hall–Kier alpha value is -1.72. The first-order valence-electron chi connectivity index (χ1n) is 4.21. The Bertz CT molecular complexity index is 513. The van der Waals surface area contributed by atoms with E-state index in [-0.39, 0.29) is 17.0 Å². The number of anilines is 1. The quantitative estimate of drug-likeness (QED) is 0.732. The summed E-state index contributed by atoms with van der Waals surface area (Å²) in [6.45, 7) is 1.33. The summed E-state index contributed by atoms with van der Waals surface area (Å²) in [5.74, 6) is 0. The highest BCUT2D eigenvalue weighted by Gasteiger charge is 2.36. The van der Waals surface area contributed by atoms with Gasteiger partial charge in [0.05, 0.1) is 5.69 Å².